The highest BCUT2D eigenvalue weighted by Crippen LogP contribution is 2.16. The monoisotopic (exact) mass is 269 g/mol. The number of hydrogen-bond donors (Lipinski definition) is 1. The third kappa shape index (κ3) is 4.11. The van der Waals surface area contributed by atoms with Gasteiger partial charge in [0.15, 0.2) is 0 Å². The highest BCUT2D eigenvalue weighted by atomic mass is 31.0. The van der Waals surface area contributed by atoms with Gasteiger partial charge in [0, 0.05) is 5.56 Å². The van der Waals surface area contributed by atoms with Crippen molar-refractivity contribution in [1.29, 1.82) is 0 Å². The van der Waals surface area contributed by atoms with Gasteiger partial charge < -0.3 is 4.74 Å². The molecule has 0 aliphatic rings. The van der Waals surface area contributed by atoms with Crippen LogP contribution in [0, 0.1) is 20.8 Å². The van der Waals surface area contributed by atoms with Crippen molar-refractivity contribution in [2.45, 2.75) is 27.7 Å². The lowest BCUT2D eigenvalue weighted by Gasteiger charge is -2.10. The topological polar surface area (TPSA) is 55.4 Å². The van der Waals surface area contributed by atoms with Crippen LogP contribution >= 0.6 is 9.90 Å². The van der Waals surface area contributed by atoms with E-state index in [0.29, 0.717) is 5.56 Å². The van der Waals surface area contributed by atoms with Gasteiger partial charge in [-0.3, -0.25) is 10.1 Å². The Morgan fingerprint density at radius 3 is 2.11 bits per heavy atom. The maximum Gasteiger partial charge on any atom is 0.414 e. The zero-order valence-electron chi connectivity index (χ0n) is 11.3. The minimum atomic E-state index is -0.711. The van der Waals surface area contributed by atoms with Crippen LogP contribution in [0.4, 0.5) is 4.79 Å². The second kappa shape index (κ2) is 7.12. The SMILES string of the molecule is CCOC(=O)NC(=O)c1c(C)cc(C)cc1C.P. The van der Waals surface area contributed by atoms with Gasteiger partial charge in [0.1, 0.15) is 0 Å². The first-order valence-electron chi connectivity index (χ1n) is 5.51. The van der Waals surface area contributed by atoms with E-state index in [9.17, 15) is 9.59 Å². The van der Waals surface area contributed by atoms with Crippen LogP contribution in [0.3, 0.4) is 0 Å². The molecule has 0 fully saturated rings. The summed E-state index contributed by atoms with van der Waals surface area (Å²) in [7, 11) is 0. The molecule has 0 heterocycles. The van der Waals surface area contributed by atoms with Crippen LogP contribution in [-0.2, 0) is 4.74 Å². The van der Waals surface area contributed by atoms with Crippen LogP contribution in [0.2, 0.25) is 0 Å². The third-order valence-corrected chi connectivity index (χ3v) is 2.40. The summed E-state index contributed by atoms with van der Waals surface area (Å²) < 4.78 is 4.67. The molecule has 1 unspecified atom stereocenters. The molecule has 1 N–H and O–H groups in total. The van der Waals surface area contributed by atoms with Gasteiger partial charge in [-0.15, -0.1) is 0 Å². The maximum atomic E-state index is 11.9. The van der Waals surface area contributed by atoms with Crippen LogP contribution in [-0.4, -0.2) is 18.6 Å². The van der Waals surface area contributed by atoms with Crippen molar-refractivity contribution in [3.63, 3.8) is 0 Å². The van der Waals surface area contributed by atoms with Gasteiger partial charge in [-0.05, 0) is 38.8 Å². The maximum absolute atomic E-state index is 11.9. The summed E-state index contributed by atoms with van der Waals surface area (Å²) in [6.07, 6.45) is -0.711. The molecular formula is C13H20NO3P. The number of rotatable bonds is 2. The average molecular weight is 269 g/mol. The third-order valence-electron chi connectivity index (χ3n) is 2.40. The first kappa shape index (κ1) is 16.6. The zero-order chi connectivity index (χ0) is 13.0. The molecule has 2 amide bonds. The van der Waals surface area contributed by atoms with Crippen LogP contribution in [0.25, 0.3) is 0 Å². The standard InChI is InChI=1S/C13H17NO3.H3P/c1-5-17-13(16)14-12(15)11-9(3)6-8(2)7-10(11)4;/h6-7H,5H2,1-4H3,(H,14,15,16);1H3. The summed E-state index contributed by atoms with van der Waals surface area (Å²) in [4.78, 5) is 23.0. The second-order valence-electron chi connectivity index (χ2n) is 3.95. The largest absolute Gasteiger partial charge is 0.450 e. The molecule has 1 aromatic carbocycles. The van der Waals surface area contributed by atoms with E-state index in [1.165, 1.54) is 0 Å². The van der Waals surface area contributed by atoms with Gasteiger partial charge in [0.25, 0.3) is 5.91 Å². The fraction of sp³-hybridized carbons (Fsp3) is 0.385. The number of hydrogen-bond acceptors (Lipinski definition) is 3. The Morgan fingerprint density at radius 1 is 1.17 bits per heavy atom. The van der Waals surface area contributed by atoms with Crippen molar-refractivity contribution in [3.8, 4) is 0 Å². The number of benzene rings is 1. The van der Waals surface area contributed by atoms with Gasteiger partial charge in [0.05, 0.1) is 6.61 Å². The van der Waals surface area contributed by atoms with Gasteiger partial charge in [-0.25, -0.2) is 4.79 Å². The summed E-state index contributed by atoms with van der Waals surface area (Å²) in [6.45, 7) is 7.59. The quantitative estimate of drug-likeness (QED) is 0.839. The number of imide groups is 1. The molecule has 5 heteroatoms. The van der Waals surface area contributed by atoms with E-state index >= 15 is 0 Å². The molecule has 0 bridgehead atoms. The molecule has 0 spiro atoms. The van der Waals surface area contributed by atoms with E-state index in [0.717, 1.165) is 16.7 Å². The Hall–Kier alpha value is -1.41. The Labute approximate surface area is 111 Å². The Balaban J connectivity index is 0.00000289. The van der Waals surface area contributed by atoms with E-state index < -0.39 is 12.0 Å². The van der Waals surface area contributed by atoms with Gasteiger partial charge in [0.2, 0.25) is 0 Å². The highest BCUT2D eigenvalue weighted by Gasteiger charge is 2.15. The predicted octanol–water partition coefficient (Wildman–Crippen LogP) is 2.56. The molecule has 1 aromatic rings. The number of amides is 2. The van der Waals surface area contributed by atoms with E-state index in [-0.39, 0.29) is 16.5 Å². The molecule has 0 radical (unpaired) electrons. The minimum absolute atomic E-state index is 0. The molecule has 1 rings (SSSR count). The van der Waals surface area contributed by atoms with Crippen LogP contribution in [0.15, 0.2) is 12.1 Å². The van der Waals surface area contributed by atoms with E-state index in [1.807, 2.05) is 32.9 Å². The Bertz CT molecular complexity index is 435. The number of ether oxygens (including phenoxy) is 1. The first-order valence-corrected chi connectivity index (χ1v) is 5.51. The molecular weight excluding hydrogens is 249 g/mol. The van der Waals surface area contributed by atoms with Gasteiger partial charge in [-0.2, -0.15) is 9.90 Å². The fourth-order valence-corrected chi connectivity index (χ4v) is 1.86. The lowest BCUT2D eigenvalue weighted by molar-refractivity contribution is 0.0924. The molecule has 0 saturated carbocycles. The van der Waals surface area contributed by atoms with E-state index in [2.05, 4.69) is 10.1 Å². The van der Waals surface area contributed by atoms with Crippen LogP contribution in [0.5, 0.6) is 0 Å². The number of carbonyl (C=O) groups is 2. The van der Waals surface area contributed by atoms with Crippen molar-refractivity contribution >= 4 is 21.9 Å². The summed E-state index contributed by atoms with van der Waals surface area (Å²) >= 11 is 0. The minimum Gasteiger partial charge on any atom is -0.450 e. The van der Waals surface area contributed by atoms with Gasteiger partial charge in [-0.1, -0.05) is 17.7 Å². The molecule has 0 aromatic heterocycles. The lowest BCUT2D eigenvalue weighted by atomic mass is 9.99. The summed E-state index contributed by atoms with van der Waals surface area (Å²) in [5, 5.41) is 2.20. The smallest absolute Gasteiger partial charge is 0.414 e. The predicted molar refractivity (Wildman–Crippen MR) is 76.2 cm³/mol. The van der Waals surface area contributed by atoms with E-state index in [4.69, 9.17) is 0 Å². The van der Waals surface area contributed by atoms with Crippen molar-refractivity contribution in [2.75, 3.05) is 6.61 Å². The molecule has 0 saturated heterocycles. The Kier molecular flexibility index (Phi) is 6.56. The molecule has 18 heavy (non-hydrogen) atoms. The van der Waals surface area contributed by atoms with Crippen molar-refractivity contribution in [3.05, 3.63) is 34.4 Å². The summed E-state index contributed by atoms with van der Waals surface area (Å²) in [5.41, 5.74) is 3.32. The number of carbonyl (C=O) groups excluding carboxylic acids is 2. The normalized spacial score (nSPS) is 9.33. The molecule has 4 nitrogen and oxygen atoms in total. The fourth-order valence-electron chi connectivity index (χ4n) is 1.86. The number of alkyl carbamates (subject to hydrolysis) is 1. The lowest BCUT2D eigenvalue weighted by Crippen LogP contribution is -2.32. The summed E-state index contributed by atoms with van der Waals surface area (Å²) in [5.74, 6) is -0.418. The molecule has 0 aliphatic heterocycles. The summed E-state index contributed by atoms with van der Waals surface area (Å²) in [6, 6.07) is 3.82. The van der Waals surface area contributed by atoms with Crippen LogP contribution in [0.1, 0.15) is 34.0 Å². The van der Waals surface area contributed by atoms with Gasteiger partial charge >= 0.3 is 6.09 Å². The van der Waals surface area contributed by atoms with Crippen molar-refractivity contribution < 1.29 is 14.3 Å². The van der Waals surface area contributed by atoms with Crippen molar-refractivity contribution in [2.24, 2.45) is 0 Å². The van der Waals surface area contributed by atoms with Crippen molar-refractivity contribution in [1.82, 2.24) is 5.32 Å². The molecule has 0 aliphatic carbocycles. The van der Waals surface area contributed by atoms with Crippen LogP contribution < -0.4 is 5.32 Å². The molecule has 100 valence electrons. The molecule has 1 atom stereocenters. The Morgan fingerprint density at radius 2 is 1.67 bits per heavy atom. The number of nitrogens with one attached hydrogen (secondary N) is 1. The first-order chi connectivity index (χ1) is 7.95. The average Bonchev–Trinajstić information content (AvgIpc) is 2.15. The zero-order valence-corrected chi connectivity index (χ0v) is 12.7. The number of aryl methyl sites for hydroxylation is 3. The second-order valence-corrected chi connectivity index (χ2v) is 3.95. The van der Waals surface area contributed by atoms with E-state index in [1.54, 1.807) is 6.92 Å². The highest BCUT2D eigenvalue weighted by molar-refractivity contribution is 6.92.